The van der Waals surface area contributed by atoms with Crippen LogP contribution >= 0.6 is 0 Å². The minimum absolute atomic E-state index is 0.225. The van der Waals surface area contributed by atoms with Gasteiger partial charge in [-0.1, -0.05) is 45.9 Å². The van der Waals surface area contributed by atoms with Gasteiger partial charge in [0.05, 0.1) is 6.61 Å². The number of ether oxygens (including phenoxy) is 2. The normalized spacial score (nSPS) is 11.4. The molecule has 0 aromatic heterocycles. The summed E-state index contributed by atoms with van der Waals surface area (Å²) in [5, 5.41) is 0. The van der Waals surface area contributed by atoms with Crippen molar-refractivity contribution in [2.24, 2.45) is 11.3 Å². The molecule has 122 valence electrons. The number of carbonyl (C=O) groups is 2. The molecule has 0 N–H and O–H groups in total. The molecule has 4 nitrogen and oxygen atoms in total. The molecule has 0 radical (unpaired) electrons. The number of para-hydroxylation sites is 1. The van der Waals surface area contributed by atoms with Gasteiger partial charge < -0.3 is 9.47 Å². The van der Waals surface area contributed by atoms with E-state index in [0.717, 1.165) is 5.56 Å². The van der Waals surface area contributed by atoms with Gasteiger partial charge in [0.1, 0.15) is 5.75 Å². The Morgan fingerprint density at radius 3 is 2.18 bits per heavy atom. The van der Waals surface area contributed by atoms with E-state index < -0.39 is 17.4 Å². The lowest BCUT2D eigenvalue weighted by atomic mass is 9.82. The minimum atomic E-state index is -1.24. The lowest BCUT2D eigenvalue weighted by Gasteiger charge is -2.27. The van der Waals surface area contributed by atoms with Crippen LogP contribution in [-0.4, -0.2) is 18.5 Å². The highest BCUT2D eigenvalue weighted by molar-refractivity contribution is 6.00. The van der Waals surface area contributed by atoms with Gasteiger partial charge in [-0.2, -0.15) is 0 Å². The van der Waals surface area contributed by atoms with Crippen molar-refractivity contribution in [1.82, 2.24) is 0 Å². The van der Waals surface area contributed by atoms with Crippen LogP contribution in [0.5, 0.6) is 5.75 Å². The smallest absolute Gasteiger partial charge is 0.328 e. The van der Waals surface area contributed by atoms with E-state index in [1.54, 1.807) is 26.0 Å². The van der Waals surface area contributed by atoms with Crippen LogP contribution in [0.25, 0.3) is 0 Å². The molecule has 0 saturated carbocycles. The fourth-order valence-electron chi connectivity index (χ4n) is 2.16. The highest BCUT2D eigenvalue weighted by atomic mass is 16.6. The number of hydrogen-bond donors (Lipinski definition) is 0. The summed E-state index contributed by atoms with van der Waals surface area (Å²) in [5.74, 6) is -0.330. The van der Waals surface area contributed by atoms with Crippen molar-refractivity contribution in [3.05, 3.63) is 29.8 Å². The SMILES string of the molecule is CCC(CC)(C(=O)OCC(C)C)C(=O)Oc1ccccc1C. The molecule has 1 aromatic carbocycles. The number of aryl methyl sites for hydroxylation is 1. The standard InChI is InChI=1S/C18H26O4/c1-6-18(7-2,16(19)21-12-13(3)4)17(20)22-15-11-9-8-10-14(15)5/h8-11,13H,6-7,12H2,1-5H3. The van der Waals surface area contributed by atoms with Gasteiger partial charge in [0.2, 0.25) is 0 Å². The topological polar surface area (TPSA) is 52.6 Å². The van der Waals surface area contributed by atoms with Gasteiger partial charge in [-0.25, -0.2) is 0 Å². The van der Waals surface area contributed by atoms with Crippen molar-refractivity contribution in [2.45, 2.75) is 47.5 Å². The molecule has 0 fully saturated rings. The van der Waals surface area contributed by atoms with Gasteiger partial charge in [-0.05, 0) is 37.3 Å². The number of benzene rings is 1. The lowest BCUT2D eigenvalue weighted by Crippen LogP contribution is -2.43. The van der Waals surface area contributed by atoms with Crippen LogP contribution in [0.15, 0.2) is 24.3 Å². The molecule has 0 spiro atoms. The predicted octanol–water partition coefficient (Wildman–Crippen LogP) is 3.91. The van der Waals surface area contributed by atoms with Crippen molar-refractivity contribution >= 4 is 11.9 Å². The van der Waals surface area contributed by atoms with Gasteiger partial charge in [0, 0.05) is 0 Å². The highest BCUT2D eigenvalue weighted by Crippen LogP contribution is 2.31. The van der Waals surface area contributed by atoms with Gasteiger partial charge in [0.15, 0.2) is 5.41 Å². The summed E-state index contributed by atoms with van der Waals surface area (Å²) in [6.45, 7) is 9.69. The molecular weight excluding hydrogens is 280 g/mol. The van der Waals surface area contributed by atoms with E-state index in [0.29, 0.717) is 25.2 Å². The molecule has 0 aliphatic heterocycles. The van der Waals surface area contributed by atoms with Crippen LogP contribution in [0.1, 0.15) is 46.1 Å². The van der Waals surface area contributed by atoms with Crippen LogP contribution in [0.2, 0.25) is 0 Å². The Morgan fingerprint density at radius 2 is 1.68 bits per heavy atom. The summed E-state index contributed by atoms with van der Waals surface area (Å²) in [6.07, 6.45) is 0.705. The highest BCUT2D eigenvalue weighted by Gasteiger charge is 2.46. The predicted molar refractivity (Wildman–Crippen MR) is 85.6 cm³/mol. The van der Waals surface area contributed by atoms with Crippen molar-refractivity contribution in [3.8, 4) is 5.75 Å². The molecule has 1 aromatic rings. The van der Waals surface area contributed by atoms with E-state index in [4.69, 9.17) is 9.47 Å². The minimum Gasteiger partial charge on any atom is -0.465 e. The molecule has 0 aliphatic carbocycles. The second-order valence-electron chi connectivity index (χ2n) is 5.94. The molecule has 1 rings (SSSR count). The summed E-state index contributed by atoms with van der Waals surface area (Å²) in [5.41, 5.74) is -0.385. The van der Waals surface area contributed by atoms with Gasteiger partial charge in [-0.15, -0.1) is 0 Å². The average Bonchev–Trinajstić information content (AvgIpc) is 2.49. The third-order valence-electron chi connectivity index (χ3n) is 3.83. The monoisotopic (exact) mass is 306 g/mol. The maximum absolute atomic E-state index is 12.6. The zero-order valence-corrected chi connectivity index (χ0v) is 14.1. The molecule has 22 heavy (non-hydrogen) atoms. The van der Waals surface area contributed by atoms with Crippen LogP contribution in [0, 0.1) is 18.3 Å². The van der Waals surface area contributed by atoms with Crippen molar-refractivity contribution in [3.63, 3.8) is 0 Å². The molecule has 0 aliphatic rings. The van der Waals surface area contributed by atoms with E-state index in [-0.39, 0.29) is 5.92 Å². The van der Waals surface area contributed by atoms with Crippen LogP contribution in [0.4, 0.5) is 0 Å². The Kier molecular flexibility index (Phi) is 6.60. The van der Waals surface area contributed by atoms with Crippen LogP contribution in [-0.2, 0) is 14.3 Å². The molecule has 0 atom stereocenters. The molecule has 0 bridgehead atoms. The third-order valence-corrected chi connectivity index (χ3v) is 3.83. The lowest BCUT2D eigenvalue weighted by molar-refractivity contribution is -0.168. The number of rotatable bonds is 7. The van der Waals surface area contributed by atoms with E-state index in [9.17, 15) is 9.59 Å². The molecule has 0 unspecified atom stereocenters. The Labute approximate surface area is 132 Å². The van der Waals surface area contributed by atoms with E-state index in [2.05, 4.69) is 0 Å². The summed E-state index contributed by atoms with van der Waals surface area (Å²) in [7, 11) is 0. The zero-order valence-electron chi connectivity index (χ0n) is 14.1. The average molecular weight is 306 g/mol. The first kappa shape index (κ1) is 18.2. The fraction of sp³-hybridized carbons (Fsp3) is 0.556. The summed E-state index contributed by atoms with van der Waals surface area (Å²) in [4.78, 5) is 25.0. The second kappa shape index (κ2) is 7.97. The van der Waals surface area contributed by atoms with E-state index in [1.165, 1.54) is 0 Å². The quantitative estimate of drug-likeness (QED) is 0.435. The maximum atomic E-state index is 12.6. The summed E-state index contributed by atoms with van der Waals surface area (Å²) in [6, 6.07) is 7.25. The second-order valence-corrected chi connectivity index (χ2v) is 5.94. The van der Waals surface area contributed by atoms with E-state index in [1.807, 2.05) is 32.9 Å². The maximum Gasteiger partial charge on any atom is 0.328 e. The first-order chi connectivity index (χ1) is 10.4. The Morgan fingerprint density at radius 1 is 1.09 bits per heavy atom. The van der Waals surface area contributed by atoms with Crippen molar-refractivity contribution in [2.75, 3.05) is 6.61 Å². The number of esters is 2. The molecular formula is C18H26O4. The zero-order chi connectivity index (χ0) is 16.8. The molecule has 0 heterocycles. The van der Waals surface area contributed by atoms with Gasteiger partial charge in [-0.3, -0.25) is 9.59 Å². The van der Waals surface area contributed by atoms with Crippen LogP contribution in [0.3, 0.4) is 0 Å². The van der Waals surface area contributed by atoms with Crippen LogP contribution < -0.4 is 4.74 Å². The summed E-state index contributed by atoms with van der Waals surface area (Å²) < 4.78 is 10.8. The Hall–Kier alpha value is -1.84. The Balaban J connectivity index is 2.95. The molecule has 4 heteroatoms. The van der Waals surface area contributed by atoms with E-state index >= 15 is 0 Å². The van der Waals surface area contributed by atoms with Gasteiger partial charge in [0.25, 0.3) is 0 Å². The Bertz CT molecular complexity index is 516. The fourth-order valence-corrected chi connectivity index (χ4v) is 2.16. The first-order valence-corrected chi connectivity index (χ1v) is 7.82. The third kappa shape index (κ3) is 4.09. The van der Waals surface area contributed by atoms with Gasteiger partial charge >= 0.3 is 11.9 Å². The summed E-state index contributed by atoms with van der Waals surface area (Å²) >= 11 is 0. The molecule has 0 saturated heterocycles. The first-order valence-electron chi connectivity index (χ1n) is 7.82. The number of hydrogen-bond acceptors (Lipinski definition) is 4. The van der Waals surface area contributed by atoms with Crippen molar-refractivity contribution in [1.29, 1.82) is 0 Å². The van der Waals surface area contributed by atoms with Crippen molar-refractivity contribution < 1.29 is 19.1 Å². The molecule has 0 amide bonds. The number of carbonyl (C=O) groups excluding carboxylic acids is 2. The largest absolute Gasteiger partial charge is 0.465 e.